The first-order chi connectivity index (χ1) is 9.60. The second-order valence-electron chi connectivity index (χ2n) is 5.76. The third-order valence-electron chi connectivity index (χ3n) is 4.07. The van der Waals surface area contributed by atoms with Crippen molar-refractivity contribution >= 4 is 22.2 Å². The van der Waals surface area contributed by atoms with Crippen molar-refractivity contribution in [1.29, 1.82) is 0 Å². The van der Waals surface area contributed by atoms with Crippen LogP contribution in [0.2, 0.25) is 0 Å². The minimum Gasteiger partial charge on any atom is -0.390 e. The number of carbonyl (C=O) groups excluding carboxylic acids is 1. The van der Waals surface area contributed by atoms with Crippen LogP contribution in [-0.2, 0) is 6.42 Å². The summed E-state index contributed by atoms with van der Waals surface area (Å²) >= 11 is 1.63. The van der Waals surface area contributed by atoms with E-state index in [1.807, 2.05) is 4.90 Å². The number of nitrogens with zero attached hydrogens (tertiary/aromatic N) is 1. The fraction of sp³-hybridized carbons (Fsp3) is 0.688. The number of fused-ring (bicyclic) bond motifs is 1. The van der Waals surface area contributed by atoms with E-state index < -0.39 is 0 Å². The maximum absolute atomic E-state index is 12.9. The smallest absolute Gasteiger partial charge is 0.257 e. The molecule has 2 rings (SSSR count). The third-order valence-corrected chi connectivity index (χ3v) is 5.17. The van der Waals surface area contributed by atoms with Crippen molar-refractivity contribution in [2.45, 2.75) is 58.8 Å². The van der Waals surface area contributed by atoms with E-state index in [2.05, 4.69) is 20.8 Å². The molecule has 0 aromatic carbocycles. The van der Waals surface area contributed by atoms with Crippen LogP contribution in [-0.4, -0.2) is 23.9 Å². The number of anilines is 1. The Morgan fingerprint density at radius 1 is 1.35 bits per heavy atom. The van der Waals surface area contributed by atoms with Gasteiger partial charge in [-0.3, -0.25) is 4.79 Å². The van der Waals surface area contributed by atoms with E-state index in [0.717, 1.165) is 42.9 Å². The van der Waals surface area contributed by atoms with Crippen LogP contribution in [0.5, 0.6) is 0 Å². The molecule has 0 aliphatic heterocycles. The van der Waals surface area contributed by atoms with E-state index in [1.54, 1.807) is 11.3 Å². The van der Waals surface area contributed by atoms with Crippen LogP contribution in [0.15, 0.2) is 0 Å². The van der Waals surface area contributed by atoms with Gasteiger partial charge in [-0.25, -0.2) is 0 Å². The van der Waals surface area contributed by atoms with Crippen LogP contribution < -0.4 is 5.73 Å². The Morgan fingerprint density at radius 3 is 2.60 bits per heavy atom. The molecule has 2 N–H and O–H groups in total. The number of thiophene rings is 1. The number of rotatable bonds is 5. The van der Waals surface area contributed by atoms with Crippen LogP contribution in [0.1, 0.15) is 73.2 Å². The molecule has 1 heterocycles. The lowest BCUT2D eigenvalue weighted by Gasteiger charge is -2.25. The monoisotopic (exact) mass is 294 g/mol. The van der Waals surface area contributed by atoms with Gasteiger partial charge in [-0.05, 0) is 43.6 Å². The predicted octanol–water partition coefficient (Wildman–Crippen LogP) is 4.03. The molecule has 0 saturated heterocycles. The van der Waals surface area contributed by atoms with Gasteiger partial charge in [0.2, 0.25) is 0 Å². The molecule has 1 unspecified atom stereocenters. The van der Waals surface area contributed by atoms with Crippen molar-refractivity contribution in [3.8, 4) is 0 Å². The molecule has 0 bridgehead atoms. The maximum Gasteiger partial charge on any atom is 0.257 e. The molecule has 1 atom stereocenters. The number of hydrogen-bond donors (Lipinski definition) is 1. The second-order valence-corrected chi connectivity index (χ2v) is 6.90. The third kappa shape index (κ3) is 2.85. The van der Waals surface area contributed by atoms with Crippen LogP contribution in [0, 0.1) is 0 Å². The Kier molecular flexibility index (Phi) is 5.08. The lowest BCUT2D eigenvalue weighted by atomic mass is 9.86. The number of carbonyl (C=O) groups is 1. The molecular formula is C16H26N2OS. The average Bonchev–Trinajstić information content (AvgIpc) is 2.75. The first kappa shape index (κ1) is 15.4. The van der Waals surface area contributed by atoms with Crippen molar-refractivity contribution in [2.24, 2.45) is 0 Å². The zero-order valence-electron chi connectivity index (χ0n) is 12.9. The summed E-state index contributed by atoms with van der Waals surface area (Å²) in [6, 6.07) is 0. The van der Waals surface area contributed by atoms with Gasteiger partial charge in [0.05, 0.1) is 10.6 Å². The van der Waals surface area contributed by atoms with Crippen LogP contribution in [0.25, 0.3) is 0 Å². The topological polar surface area (TPSA) is 46.3 Å². The fourth-order valence-corrected chi connectivity index (χ4v) is 4.39. The second kappa shape index (κ2) is 6.61. The first-order valence-corrected chi connectivity index (χ1v) is 8.62. The van der Waals surface area contributed by atoms with Gasteiger partial charge in [0.25, 0.3) is 5.91 Å². The van der Waals surface area contributed by atoms with Gasteiger partial charge in [-0.15, -0.1) is 11.3 Å². The van der Waals surface area contributed by atoms with Crippen molar-refractivity contribution in [3.63, 3.8) is 0 Å². The van der Waals surface area contributed by atoms with Gasteiger partial charge in [0.15, 0.2) is 0 Å². The van der Waals surface area contributed by atoms with E-state index in [4.69, 9.17) is 5.73 Å². The number of amides is 1. The predicted molar refractivity (Wildman–Crippen MR) is 86.6 cm³/mol. The van der Waals surface area contributed by atoms with E-state index in [0.29, 0.717) is 5.92 Å². The zero-order chi connectivity index (χ0) is 14.7. The number of hydrogen-bond acceptors (Lipinski definition) is 3. The van der Waals surface area contributed by atoms with Crippen molar-refractivity contribution in [3.05, 3.63) is 16.0 Å². The van der Waals surface area contributed by atoms with Crippen molar-refractivity contribution in [1.82, 2.24) is 4.90 Å². The number of nitrogens with two attached hydrogens (primary N) is 1. The summed E-state index contributed by atoms with van der Waals surface area (Å²) in [6.45, 7) is 8.11. The fourth-order valence-electron chi connectivity index (χ4n) is 3.16. The quantitative estimate of drug-likeness (QED) is 0.891. The van der Waals surface area contributed by atoms with E-state index in [9.17, 15) is 4.79 Å². The molecule has 1 amide bonds. The SMILES string of the molecule is CCCN(CCC)C(=O)c1c(N)sc2c1C(C)CCC2. The van der Waals surface area contributed by atoms with Crippen LogP contribution >= 0.6 is 11.3 Å². The van der Waals surface area contributed by atoms with E-state index in [-0.39, 0.29) is 5.91 Å². The molecule has 0 fully saturated rings. The van der Waals surface area contributed by atoms with Gasteiger partial charge in [-0.1, -0.05) is 20.8 Å². The summed E-state index contributed by atoms with van der Waals surface area (Å²) < 4.78 is 0. The van der Waals surface area contributed by atoms with Gasteiger partial charge in [0.1, 0.15) is 0 Å². The molecule has 1 aromatic rings. The van der Waals surface area contributed by atoms with E-state index in [1.165, 1.54) is 23.3 Å². The summed E-state index contributed by atoms with van der Waals surface area (Å²) in [5.41, 5.74) is 8.25. The molecule has 0 radical (unpaired) electrons. The van der Waals surface area contributed by atoms with Crippen molar-refractivity contribution < 1.29 is 4.79 Å². The minimum atomic E-state index is 0.150. The highest BCUT2D eigenvalue weighted by Crippen LogP contribution is 2.42. The van der Waals surface area contributed by atoms with Gasteiger partial charge in [-0.2, -0.15) is 0 Å². The Bertz CT molecular complexity index is 475. The summed E-state index contributed by atoms with van der Waals surface area (Å²) in [7, 11) is 0. The molecular weight excluding hydrogens is 268 g/mol. The van der Waals surface area contributed by atoms with Crippen LogP contribution in [0.4, 0.5) is 5.00 Å². The summed E-state index contributed by atoms with van der Waals surface area (Å²) in [6.07, 6.45) is 5.46. The molecule has 1 aromatic heterocycles. The van der Waals surface area contributed by atoms with Crippen molar-refractivity contribution in [2.75, 3.05) is 18.8 Å². The standard InChI is InChI=1S/C16H26N2OS/c1-4-9-18(10-5-2)16(19)14-13-11(3)7-6-8-12(13)20-15(14)17/h11H,4-10,17H2,1-3H3. The van der Waals surface area contributed by atoms with Gasteiger partial charge >= 0.3 is 0 Å². The van der Waals surface area contributed by atoms with E-state index >= 15 is 0 Å². The number of aryl methyl sites for hydroxylation is 1. The largest absolute Gasteiger partial charge is 0.390 e. The normalized spacial score (nSPS) is 17.9. The first-order valence-electron chi connectivity index (χ1n) is 7.80. The summed E-state index contributed by atoms with van der Waals surface area (Å²) in [5, 5.41) is 0.728. The highest BCUT2D eigenvalue weighted by molar-refractivity contribution is 7.16. The minimum absolute atomic E-state index is 0.150. The highest BCUT2D eigenvalue weighted by atomic mass is 32.1. The Hall–Kier alpha value is -1.03. The van der Waals surface area contributed by atoms with Gasteiger partial charge in [0, 0.05) is 18.0 Å². The maximum atomic E-state index is 12.9. The molecule has 4 heteroatoms. The number of nitrogen functional groups attached to an aromatic ring is 1. The molecule has 0 spiro atoms. The summed E-state index contributed by atoms with van der Waals surface area (Å²) in [4.78, 5) is 16.2. The molecule has 112 valence electrons. The highest BCUT2D eigenvalue weighted by Gasteiger charge is 2.30. The zero-order valence-corrected chi connectivity index (χ0v) is 13.7. The lowest BCUT2D eigenvalue weighted by Crippen LogP contribution is -2.33. The Morgan fingerprint density at radius 2 is 2.00 bits per heavy atom. The lowest BCUT2D eigenvalue weighted by molar-refractivity contribution is 0.0755. The average molecular weight is 294 g/mol. The van der Waals surface area contributed by atoms with Gasteiger partial charge < -0.3 is 10.6 Å². The Balaban J connectivity index is 2.36. The van der Waals surface area contributed by atoms with Crippen LogP contribution in [0.3, 0.4) is 0 Å². The molecule has 3 nitrogen and oxygen atoms in total. The molecule has 0 saturated carbocycles. The molecule has 1 aliphatic rings. The summed E-state index contributed by atoms with van der Waals surface area (Å²) in [5.74, 6) is 0.619. The molecule has 20 heavy (non-hydrogen) atoms. The Labute approximate surface area is 126 Å². The molecule has 1 aliphatic carbocycles.